The van der Waals surface area contributed by atoms with Crippen LogP contribution in [0.4, 0.5) is 11.5 Å². The zero-order valence-corrected chi connectivity index (χ0v) is 12.5. The molecule has 1 saturated carbocycles. The number of ether oxygens (including phenoxy) is 1. The van der Waals surface area contributed by atoms with Gasteiger partial charge in [-0.05, 0) is 37.5 Å². The number of nitro groups is 1. The lowest BCUT2D eigenvalue weighted by Gasteiger charge is -2.10. The normalized spacial score (nSPS) is 13.4. The molecule has 23 heavy (non-hydrogen) atoms. The van der Waals surface area contributed by atoms with Gasteiger partial charge < -0.3 is 10.1 Å². The number of amides is 1. The Balaban J connectivity index is 1.74. The highest BCUT2D eigenvalue weighted by Gasteiger charge is 2.29. The van der Waals surface area contributed by atoms with E-state index in [4.69, 9.17) is 4.74 Å². The highest BCUT2D eigenvalue weighted by atomic mass is 16.6. The number of hydrogen-bond donors (Lipinski definition) is 1. The highest BCUT2D eigenvalue weighted by Crippen LogP contribution is 2.31. The Morgan fingerprint density at radius 3 is 2.78 bits per heavy atom. The number of nitro benzene ring substituents is 1. The van der Waals surface area contributed by atoms with E-state index in [-0.39, 0.29) is 17.5 Å². The van der Waals surface area contributed by atoms with Crippen LogP contribution in [0.3, 0.4) is 0 Å². The van der Waals surface area contributed by atoms with E-state index in [1.807, 2.05) is 0 Å². The lowest BCUT2D eigenvalue weighted by atomic mass is 10.2. The molecule has 1 N–H and O–H groups in total. The van der Waals surface area contributed by atoms with Crippen molar-refractivity contribution in [2.24, 2.45) is 5.92 Å². The number of benzene rings is 1. The van der Waals surface area contributed by atoms with Crippen molar-refractivity contribution >= 4 is 17.4 Å². The van der Waals surface area contributed by atoms with Crippen molar-refractivity contribution in [2.45, 2.75) is 19.8 Å². The van der Waals surface area contributed by atoms with E-state index in [0.29, 0.717) is 22.9 Å². The molecule has 1 amide bonds. The average molecular weight is 313 g/mol. The van der Waals surface area contributed by atoms with Crippen molar-refractivity contribution < 1.29 is 14.5 Å². The van der Waals surface area contributed by atoms with Crippen molar-refractivity contribution in [2.75, 3.05) is 5.32 Å². The minimum absolute atomic E-state index is 0.0157. The molecule has 3 rings (SSSR count). The third kappa shape index (κ3) is 3.63. The molecule has 118 valence electrons. The summed E-state index contributed by atoms with van der Waals surface area (Å²) >= 11 is 0. The van der Waals surface area contributed by atoms with Crippen molar-refractivity contribution in [3.8, 4) is 11.5 Å². The second-order valence-corrected chi connectivity index (χ2v) is 5.45. The number of rotatable bonds is 5. The third-order valence-electron chi connectivity index (χ3n) is 3.53. The molecular formula is C16H15N3O4. The molecule has 0 aliphatic heterocycles. The average Bonchev–Trinajstić information content (AvgIpc) is 3.34. The predicted octanol–water partition coefficient (Wildman–Crippen LogP) is 3.44. The van der Waals surface area contributed by atoms with Gasteiger partial charge in [-0.15, -0.1) is 0 Å². The Hall–Kier alpha value is -2.96. The smallest absolute Gasteiger partial charge is 0.269 e. The van der Waals surface area contributed by atoms with Crippen LogP contribution < -0.4 is 10.1 Å². The molecular weight excluding hydrogens is 298 g/mol. The van der Waals surface area contributed by atoms with Crippen LogP contribution in [0.1, 0.15) is 18.4 Å². The fraction of sp³-hybridized carbons (Fsp3) is 0.250. The molecule has 1 aliphatic carbocycles. The second kappa shape index (κ2) is 6.04. The first-order chi connectivity index (χ1) is 11.0. The van der Waals surface area contributed by atoms with Crippen LogP contribution >= 0.6 is 0 Å². The molecule has 0 spiro atoms. The largest absolute Gasteiger partial charge is 0.457 e. The monoisotopic (exact) mass is 313 g/mol. The summed E-state index contributed by atoms with van der Waals surface area (Å²) in [5.74, 6) is 1.52. The maximum Gasteiger partial charge on any atom is 0.269 e. The van der Waals surface area contributed by atoms with Crippen LogP contribution in [-0.4, -0.2) is 15.8 Å². The molecule has 0 radical (unpaired) electrons. The summed E-state index contributed by atoms with van der Waals surface area (Å²) in [6.07, 6.45) is 3.38. The number of pyridine rings is 1. The number of carbonyl (C=O) groups excluding carboxylic acids is 1. The number of nitrogens with zero attached hydrogens (tertiary/aromatic N) is 2. The Bertz CT molecular complexity index is 772. The number of aromatic nitrogens is 1. The number of anilines is 1. The molecule has 1 fully saturated rings. The van der Waals surface area contributed by atoms with E-state index >= 15 is 0 Å². The van der Waals surface area contributed by atoms with Gasteiger partial charge in [0.25, 0.3) is 5.69 Å². The van der Waals surface area contributed by atoms with Gasteiger partial charge in [0.15, 0.2) is 0 Å². The van der Waals surface area contributed by atoms with E-state index in [1.54, 1.807) is 31.3 Å². The molecule has 0 bridgehead atoms. The quantitative estimate of drug-likeness (QED) is 0.674. The van der Waals surface area contributed by atoms with Crippen LogP contribution in [0, 0.1) is 23.0 Å². The fourth-order valence-corrected chi connectivity index (χ4v) is 2.11. The van der Waals surface area contributed by atoms with Gasteiger partial charge in [0, 0.05) is 30.3 Å². The minimum atomic E-state index is -0.450. The molecule has 1 aliphatic rings. The van der Waals surface area contributed by atoms with Gasteiger partial charge >= 0.3 is 0 Å². The fourth-order valence-electron chi connectivity index (χ4n) is 2.11. The molecule has 7 nitrogen and oxygen atoms in total. The van der Waals surface area contributed by atoms with Gasteiger partial charge in [-0.3, -0.25) is 14.9 Å². The summed E-state index contributed by atoms with van der Waals surface area (Å²) in [6, 6.07) is 7.68. The Kier molecular flexibility index (Phi) is 3.92. The van der Waals surface area contributed by atoms with E-state index in [2.05, 4.69) is 10.3 Å². The van der Waals surface area contributed by atoms with Crippen molar-refractivity contribution in [1.29, 1.82) is 0 Å². The second-order valence-electron chi connectivity index (χ2n) is 5.45. The minimum Gasteiger partial charge on any atom is -0.457 e. The van der Waals surface area contributed by atoms with E-state index in [0.717, 1.165) is 12.8 Å². The van der Waals surface area contributed by atoms with Crippen molar-refractivity contribution in [1.82, 2.24) is 4.98 Å². The lowest BCUT2D eigenvalue weighted by Crippen LogP contribution is -2.14. The molecule has 0 atom stereocenters. The Morgan fingerprint density at radius 1 is 1.35 bits per heavy atom. The molecule has 1 heterocycles. The van der Waals surface area contributed by atoms with Crippen LogP contribution in [0.15, 0.2) is 36.5 Å². The lowest BCUT2D eigenvalue weighted by molar-refractivity contribution is -0.384. The van der Waals surface area contributed by atoms with Gasteiger partial charge in [-0.1, -0.05) is 0 Å². The predicted molar refractivity (Wildman–Crippen MR) is 83.5 cm³/mol. The van der Waals surface area contributed by atoms with Gasteiger partial charge in [0.05, 0.1) is 4.92 Å². The first-order valence-corrected chi connectivity index (χ1v) is 7.23. The summed E-state index contributed by atoms with van der Waals surface area (Å²) in [5, 5.41) is 13.5. The molecule has 7 heteroatoms. The standard InChI is InChI=1S/C16H15N3O4/c1-10-8-12(19(21)22)4-5-14(10)23-13-6-7-17-15(9-13)18-16(20)11-2-3-11/h4-9,11H,2-3H2,1H3,(H,17,18,20). The maximum atomic E-state index is 11.7. The van der Waals surface area contributed by atoms with Crippen LogP contribution in [0.2, 0.25) is 0 Å². The summed E-state index contributed by atoms with van der Waals surface area (Å²) in [4.78, 5) is 26.1. The van der Waals surface area contributed by atoms with Gasteiger partial charge in [-0.2, -0.15) is 0 Å². The number of non-ortho nitro benzene ring substituents is 1. The Morgan fingerprint density at radius 2 is 2.13 bits per heavy atom. The molecule has 0 unspecified atom stereocenters. The van der Waals surface area contributed by atoms with E-state index < -0.39 is 4.92 Å². The number of nitrogens with one attached hydrogen (secondary N) is 1. The van der Waals surface area contributed by atoms with Gasteiger partial charge in [-0.25, -0.2) is 4.98 Å². The molecule has 1 aromatic carbocycles. The Labute approximate surface area is 132 Å². The number of carbonyl (C=O) groups is 1. The first-order valence-electron chi connectivity index (χ1n) is 7.23. The zero-order valence-electron chi connectivity index (χ0n) is 12.5. The SMILES string of the molecule is Cc1cc([N+](=O)[O-])ccc1Oc1ccnc(NC(=O)C2CC2)c1. The van der Waals surface area contributed by atoms with E-state index in [1.165, 1.54) is 12.1 Å². The molecule has 1 aromatic heterocycles. The van der Waals surface area contributed by atoms with Crippen LogP contribution in [0.5, 0.6) is 11.5 Å². The third-order valence-corrected chi connectivity index (χ3v) is 3.53. The van der Waals surface area contributed by atoms with Gasteiger partial charge in [0.2, 0.25) is 5.91 Å². The summed E-state index contributed by atoms with van der Waals surface area (Å²) in [6.45, 7) is 1.74. The number of aryl methyl sites for hydroxylation is 1. The topological polar surface area (TPSA) is 94.4 Å². The zero-order chi connectivity index (χ0) is 16.4. The summed E-state index contributed by atoms with van der Waals surface area (Å²) < 4.78 is 5.73. The van der Waals surface area contributed by atoms with Crippen LogP contribution in [-0.2, 0) is 4.79 Å². The van der Waals surface area contributed by atoms with Crippen LogP contribution in [0.25, 0.3) is 0 Å². The van der Waals surface area contributed by atoms with Crippen molar-refractivity contribution in [3.05, 3.63) is 52.2 Å². The maximum absolute atomic E-state index is 11.7. The summed E-state index contributed by atoms with van der Waals surface area (Å²) in [5.41, 5.74) is 0.668. The molecule has 2 aromatic rings. The highest BCUT2D eigenvalue weighted by molar-refractivity contribution is 5.93. The summed E-state index contributed by atoms with van der Waals surface area (Å²) in [7, 11) is 0. The van der Waals surface area contributed by atoms with E-state index in [9.17, 15) is 14.9 Å². The van der Waals surface area contributed by atoms with Crippen molar-refractivity contribution in [3.63, 3.8) is 0 Å². The molecule has 0 saturated heterocycles. The first kappa shape index (κ1) is 15.0. The van der Waals surface area contributed by atoms with Gasteiger partial charge in [0.1, 0.15) is 17.3 Å². The number of hydrogen-bond acceptors (Lipinski definition) is 5.